The predicted octanol–water partition coefficient (Wildman–Crippen LogP) is 0.429. The molecule has 0 aromatic carbocycles. The first-order valence-electron chi connectivity index (χ1n) is 3.19. The summed E-state index contributed by atoms with van der Waals surface area (Å²) in [6, 6.07) is 0. The number of allylic oxidation sites excluding steroid dienone is 2. The van der Waals surface area contributed by atoms with Crippen LogP contribution in [0.1, 0.15) is 0 Å². The Morgan fingerprint density at radius 2 is 2.44 bits per heavy atom. The molecule has 46 valence electrons. The minimum Gasteiger partial charge on any atom is -0.411 e. The van der Waals surface area contributed by atoms with Crippen molar-refractivity contribution >= 4 is 7.05 Å². The maximum Gasteiger partial charge on any atom is 0.443 e. The minimum absolute atomic E-state index is 0.231. The molecular formula is C6H8BNO. The fourth-order valence-electron chi connectivity index (χ4n) is 1.15. The lowest BCUT2D eigenvalue weighted by Gasteiger charge is -2.15. The van der Waals surface area contributed by atoms with E-state index in [1.807, 2.05) is 12.2 Å². The van der Waals surface area contributed by atoms with Gasteiger partial charge in [0, 0.05) is 13.2 Å². The molecule has 0 aliphatic carbocycles. The largest absolute Gasteiger partial charge is 0.443 e. The summed E-state index contributed by atoms with van der Waals surface area (Å²) < 4.78 is 5.34. The van der Waals surface area contributed by atoms with E-state index in [-0.39, 0.29) is 7.05 Å². The SMILES string of the molecule is C1=CB2OCCN2C=C1. The van der Waals surface area contributed by atoms with E-state index in [2.05, 4.69) is 17.0 Å². The van der Waals surface area contributed by atoms with Crippen LogP contribution < -0.4 is 0 Å². The third-order valence-corrected chi connectivity index (χ3v) is 1.63. The molecule has 0 bridgehead atoms. The van der Waals surface area contributed by atoms with Gasteiger partial charge in [-0.15, -0.1) is 0 Å². The van der Waals surface area contributed by atoms with Crippen LogP contribution in [0.4, 0.5) is 0 Å². The molecular weight excluding hydrogens is 113 g/mol. The highest BCUT2D eigenvalue weighted by Crippen LogP contribution is 2.10. The van der Waals surface area contributed by atoms with E-state index in [1.54, 1.807) is 0 Å². The van der Waals surface area contributed by atoms with Gasteiger partial charge in [-0.2, -0.15) is 0 Å². The van der Waals surface area contributed by atoms with Crippen molar-refractivity contribution in [1.29, 1.82) is 0 Å². The molecule has 2 rings (SSSR count). The zero-order valence-corrected chi connectivity index (χ0v) is 5.16. The number of fused-ring (bicyclic) bond motifs is 1. The third kappa shape index (κ3) is 0.773. The molecule has 0 N–H and O–H groups in total. The van der Waals surface area contributed by atoms with Gasteiger partial charge < -0.3 is 9.47 Å². The summed E-state index contributed by atoms with van der Waals surface area (Å²) in [7, 11) is 0.231. The topological polar surface area (TPSA) is 12.5 Å². The Kier molecular flexibility index (Phi) is 1.09. The van der Waals surface area contributed by atoms with Crippen molar-refractivity contribution in [2.45, 2.75) is 0 Å². The lowest BCUT2D eigenvalue weighted by molar-refractivity contribution is 0.376. The van der Waals surface area contributed by atoms with Crippen LogP contribution in [-0.4, -0.2) is 25.0 Å². The zero-order chi connectivity index (χ0) is 6.10. The summed E-state index contributed by atoms with van der Waals surface area (Å²) in [6.45, 7) is 1.89. The monoisotopic (exact) mass is 121 g/mol. The molecule has 0 aromatic rings. The van der Waals surface area contributed by atoms with Gasteiger partial charge >= 0.3 is 7.05 Å². The predicted molar refractivity (Wildman–Crippen MR) is 36.7 cm³/mol. The van der Waals surface area contributed by atoms with Crippen molar-refractivity contribution in [3.8, 4) is 0 Å². The van der Waals surface area contributed by atoms with E-state index in [9.17, 15) is 0 Å². The Balaban J connectivity index is 2.18. The lowest BCUT2D eigenvalue weighted by Crippen LogP contribution is -2.29. The van der Waals surface area contributed by atoms with E-state index in [0.717, 1.165) is 13.2 Å². The van der Waals surface area contributed by atoms with Crippen molar-refractivity contribution < 1.29 is 4.65 Å². The van der Waals surface area contributed by atoms with Gasteiger partial charge in [0.2, 0.25) is 0 Å². The van der Waals surface area contributed by atoms with Crippen LogP contribution in [0.15, 0.2) is 24.3 Å². The smallest absolute Gasteiger partial charge is 0.411 e. The molecule has 1 fully saturated rings. The first kappa shape index (κ1) is 5.12. The highest BCUT2D eigenvalue weighted by Gasteiger charge is 2.26. The highest BCUT2D eigenvalue weighted by molar-refractivity contribution is 6.55. The average Bonchev–Trinajstić information content (AvgIpc) is 2.33. The Labute approximate surface area is 54.9 Å². The zero-order valence-electron chi connectivity index (χ0n) is 5.16. The summed E-state index contributed by atoms with van der Waals surface area (Å²) in [5.74, 6) is 2.06. The van der Waals surface area contributed by atoms with Crippen LogP contribution in [0.2, 0.25) is 0 Å². The average molecular weight is 121 g/mol. The molecule has 2 heterocycles. The van der Waals surface area contributed by atoms with E-state index in [1.165, 1.54) is 0 Å². The number of nitrogens with zero attached hydrogens (tertiary/aromatic N) is 1. The van der Waals surface area contributed by atoms with Crippen molar-refractivity contribution in [1.82, 2.24) is 4.81 Å². The molecule has 0 spiro atoms. The summed E-state index contributed by atoms with van der Waals surface area (Å²) in [5, 5.41) is 0. The number of hydrogen-bond donors (Lipinski definition) is 0. The quantitative estimate of drug-likeness (QED) is 0.431. The molecule has 1 saturated heterocycles. The normalized spacial score (nSPS) is 23.1. The van der Waals surface area contributed by atoms with Gasteiger partial charge in [0.05, 0.1) is 0 Å². The molecule has 0 saturated carbocycles. The lowest BCUT2D eigenvalue weighted by atomic mass is 9.80. The van der Waals surface area contributed by atoms with E-state index in [4.69, 9.17) is 4.65 Å². The van der Waals surface area contributed by atoms with E-state index >= 15 is 0 Å². The highest BCUT2D eigenvalue weighted by atomic mass is 16.5. The Bertz CT molecular complexity index is 148. The fraction of sp³-hybridized carbons (Fsp3) is 0.333. The van der Waals surface area contributed by atoms with Crippen molar-refractivity contribution in [2.24, 2.45) is 0 Å². The van der Waals surface area contributed by atoms with Crippen molar-refractivity contribution in [2.75, 3.05) is 13.2 Å². The van der Waals surface area contributed by atoms with Gasteiger partial charge in [0.25, 0.3) is 0 Å². The number of rotatable bonds is 0. The van der Waals surface area contributed by atoms with Crippen molar-refractivity contribution in [3.05, 3.63) is 24.3 Å². The second kappa shape index (κ2) is 1.92. The first-order chi connectivity index (χ1) is 4.47. The van der Waals surface area contributed by atoms with Crippen LogP contribution in [0, 0.1) is 0 Å². The molecule has 0 amide bonds. The number of hydrogen-bond acceptors (Lipinski definition) is 2. The molecule has 2 aliphatic rings. The summed E-state index contributed by atoms with van der Waals surface area (Å²) in [6.07, 6.45) is 6.12. The summed E-state index contributed by atoms with van der Waals surface area (Å²) in [4.78, 5) is 2.18. The maximum absolute atomic E-state index is 5.34. The van der Waals surface area contributed by atoms with E-state index in [0.29, 0.717) is 0 Å². The summed E-state index contributed by atoms with van der Waals surface area (Å²) in [5.41, 5.74) is 0. The van der Waals surface area contributed by atoms with Gasteiger partial charge in [-0.25, -0.2) is 0 Å². The van der Waals surface area contributed by atoms with Crippen molar-refractivity contribution in [3.63, 3.8) is 0 Å². The van der Waals surface area contributed by atoms with Crippen LogP contribution in [0.25, 0.3) is 0 Å². The van der Waals surface area contributed by atoms with Gasteiger partial charge in [0.15, 0.2) is 0 Å². The third-order valence-electron chi connectivity index (χ3n) is 1.63. The molecule has 2 aliphatic heterocycles. The van der Waals surface area contributed by atoms with Crippen LogP contribution in [-0.2, 0) is 4.65 Å². The van der Waals surface area contributed by atoms with Crippen LogP contribution in [0.5, 0.6) is 0 Å². The molecule has 0 aromatic heterocycles. The van der Waals surface area contributed by atoms with Gasteiger partial charge in [-0.1, -0.05) is 12.1 Å². The maximum atomic E-state index is 5.34. The molecule has 0 radical (unpaired) electrons. The molecule has 9 heavy (non-hydrogen) atoms. The molecule has 2 nitrogen and oxygen atoms in total. The molecule has 0 unspecified atom stereocenters. The summed E-state index contributed by atoms with van der Waals surface area (Å²) >= 11 is 0. The van der Waals surface area contributed by atoms with Gasteiger partial charge in [0.1, 0.15) is 0 Å². The van der Waals surface area contributed by atoms with Gasteiger partial charge in [-0.3, -0.25) is 0 Å². The fourth-order valence-corrected chi connectivity index (χ4v) is 1.15. The second-order valence-electron chi connectivity index (χ2n) is 2.23. The van der Waals surface area contributed by atoms with E-state index < -0.39 is 0 Å². The van der Waals surface area contributed by atoms with Gasteiger partial charge in [-0.05, 0) is 12.3 Å². The first-order valence-corrected chi connectivity index (χ1v) is 3.19. The molecule has 0 atom stereocenters. The Morgan fingerprint density at radius 3 is 3.33 bits per heavy atom. The second-order valence-corrected chi connectivity index (χ2v) is 2.23. The Hall–Kier alpha value is -0.695. The minimum atomic E-state index is 0.231. The van der Waals surface area contributed by atoms with Crippen LogP contribution >= 0.6 is 0 Å². The standard InChI is InChI=1S/C6H8BNO/c1-2-4-8-5-6-9-7(8)3-1/h1-4H,5-6H2. The Morgan fingerprint density at radius 1 is 1.44 bits per heavy atom. The van der Waals surface area contributed by atoms with Crippen LogP contribution in [0.3, 0.4) is 0 Å². The molecule has 3 heteroatoms.